The minimum absolute atomic E-state index is 0.0731. The van der Waals surface area contributed by atoms with Gasteiger partial charge in [-0.05, 0) is 12.1 Å². The number of aromatic amines is 1. The number of aliphatic hydroxyl groups is 2. The SMILES string of the molecule is O=c1[nH]c(=O)n([C@H]2C[C@H](O)[C@@H](CO)O2)cc1/C(=N/O)c1c(F)cccc1F. The molecule has 9 nitrogen and oxygen atoms in total. The Bertz CT molecular complexity index is 982. The highest BCUT2D eigenvalue weighted by Crippen LogP contribution is 2.27. The van der Waals surface area contributed by atoms with Gasteiger partial charge in [0.1, 0.15) is 29.7 Å². The van der Waals surface area contributed by atoms with Crippen LogP contribution in [0.25, 0.3) is 0 Å². The number of H-pyrrole nitrogens is 1. The van der Waals surface area contributed by atoms with E-state index in [1.54, 1.807) is 0 Å². The third-order valence-electron chi connectivity index (χ3n) is 4.22. The van der Waals surface area contributed by atoms with Gasteiger partial charge in [0.05, 0.1) is 23.8 Å². The molecule has 3 rings (SSSR count). The van der Waals surface area contributed by atoms with Gasteiger partial charge in [-0.1, -0.05) is 11.2 Å². The van der Waals surface area contributed by atoms with Gasteiger partial charge < -0.3 is 20.2 Å². The zero-order valence-corrected chi connectivity index (χ0v) is 13.7. The second kappa shape index (κ2) is 7.39. The monoisotopic (exact) mass is 383 g/mol. The number of oxime groups is 1. The fraction of sp³-hybridized carbons (Fsp3) is 0.312. The van der Waals surface area contributed by atoms with E-state index in [0.717, 1.165) is 29.0 Å². The highest BCUT2D eigenvalue weighted by molar-refractivity contribution is 6.12. The van der Waals surface area contributed by atoms with E-state index in [2.05, 4.69) is 5.16 Å². The number of aliphatic hydroxyl groups excluding tert-OH is 2. The van der Waals surface area contributed by atoms with Gasteiger partial charge in [0.2, 0.25) is 0 Å². The van der Waals surface area contributed by atoms with Crippen molar-refractivity contribution < 1.29 is 28.9 Å². The first-order valence-electron chi connectivity index (χ1n) is 7.84. The largest absolute Gasteiger partial charge is 0.410 e. The average molecular weight is 383 g/mol. The van der Waals surface area contributed by atoms with Gasteiger partial charge in [-0.25, -0.2) is 13.6 Å². The molecule has 2 aromatic rings. The maximum atomic E-state index is 14.0. The van der Waals surface area contributed by atoms with E-state index < -0.39 is 64.8 Å². The van der Waals surface area contributed by atoms with Crippen LogP contribution in [-0.2, 0) is 4.74 Å². The molecule has 3 atom stereocenters. The van der Waals surface area contributed by atoms with Gasteiger partial charge in [-0.15, -0.1) is 0 Å². The normalized spacial score (nSPS) is 23.0. The van der Waals surface area contributed by atoms with Crippen LogP contribution in [0.15, 0.2) is 39.1 Å². The summed E-state index contributed by atoms with van der Waals surface area (Å²) < 4.78 is 34.3. The Morgan fingerprint density at radius 1 is 1.33 bits per heavy atom. The first kappa shape index (κ1) is 18.9. The molecular weight excluding hydrogens is 368 g/mol. The summed E-state index contributed by atoms with van der Waals surface area (Å²) in [5.74, 6) is -2.15. The molecule has 0 spiro atoms. The van der Waals surface area contributed by atoms with E-state index in [9.17, 15) is 28.7 Å². The van der Waals surface area contributed by atoms with Crippen molar-refractivity contribution in [2.45, 2.75) is 24.9 Å². The Hall–Kier alpha value is -2.89. The maximum Gasteiger partial charge on any atom is 0.330 e. The molecule has 4 N–H and O–H groups in total. The number of nitrogens with one attached hydrogen (secondary N) is 1. The van der Waals surface area contributed by atoms with Crippen LogP contribution in [0.4, 0.5) is 8.78 Å². The van der Waals surface area contributed by atoms with Gasteiger partial charge in [0, 0.05) is 12.6 Å². The molecule has 1 saturated heterocycles. The second-order valence-electron chi connectivity index (χ2n) is 5.87. The summed E-state index contributed by atoms with van der Waals surface area (Å²) in [6, 6.07) is 2.92. The van der Waals surface area contributed by atoms with Crippen molar-refractivity contribution in [2.24, 2.45) is 5.16 Å². The molecule has 2 heterocycles. The Morgan fingerprint density at radius 3 is 2.56 bits per heavy atom. The molecule has 0 aliphatic carbocycles. The zero-order valence-electron chi connectivity index (χ0n) is 13.7. The van der Waals surface area contributed by atoms with E-state index in [-0.39, 0.29) is 6.42 Å². The maximum absolute atomic E-state index is 14.0. The fourth-order valence-corrected chi connectivity index (χ4v) is 2.88. The van der Waals surface area contributed by atoms with Crippen molar-refractivity contribution in [3.05, 3.63) is 68.0 Å². The predicted octanol–water partition coefficient (Wildman–Crippen LogP) is -0.318. The lowest BCUT2D eigenvalue weighted by Gasteiger charge is -2.16. The highest BCUT2D eigenvalue weighted by Gasteiger charge is 2.35. The molecule has 0 bridgehead atoms. The molecule has 1 aliphatic rings. The first-order chi connectivity index (χ1) is 12.9. The van der Waals surface area contributed by atoms with Gasteiger partial charge in [-0.3, -0.25) is 14.3 Å². The third kappa shape index (κ3) is 3.39. The van der Waals surface area contributed by atoms with Gasteiger partial charge in [0.25, 0.3) is 5.56 Å². The summed E-state index contributed by atoms with van der Waals surface area (Å²) in [6.45, 7) is -0.494. The summed E-state index contributed by atoms with van der Waals surface area (Å²) in [7, 11) is 0. The van der Waals surface area contributed by atoms with E-state index in [0.29, 0.717) is 0 Å². The molecule has 0 amide bonds. The molecule has 27 heavy (non-hydrogen) atoms. The lowest BCUT2D eigenvalue weighted by Crippen LogP contribution is -2.36. The molecule has 1 aromatic carbocycles. The van der Waals surface area contributed by atoms with Crippen LogP contribution in [0.5, 0.6) is 0 Å². The minimum atomic E-state index is -1.08. The van der Waals surface area contributed by atoms with E-state index in [1.165, 1.54) is 0 Å². The van der Waals surface area contributed by atoms with Crippen LogP contribution in [0, 0.1) is 11.6 Å². The van der Waals surface area contributed by atoms with Crippen molar-refractivity contribution in [3.8, 4) is 0 Å². The number of hydrogen-bond donors (Lipinski definition) is 4. The zero-order chi connectivity index (χ0) is 19.7. The molecule has 0 unspecified atom stereocenters. The molecule has 11 heteroatoms. The molecular formula is C16H15F2N3O6. The second-order valence-corrected chi connectivity index (χ2v) is 5.87. The number of aromatic nitrogens is 2. The number of ether oxygens (including phenoxy) is 1. The first-order valence-corrected chi connectivity index (χ1v) is 7.84. The van der Waals surface area contributed by atoms with Crippen LogP contribution in [-0.4, -0.2) is 49.5 Å². The summed E-state index contributed by atoms with van der Waals surface area (Å²) in [4.78, 5) is 26.2. The quantitative estimate of drug-likeness (QED) is 0.325. The van der Waals surface area contributed by atoms with E-state index >= 15 is 0 Å². The van der Waals surface area contributed by atoms with Crippen LogP contribution in [0.1, 0.15) is 23.8 Å². The Kier molecular flexibility index (Phi) is 5.17. The summed E-state index contributed by atoms with van der Waals surface area (Å²) in [5.41, 5.74) is -3.92. The third-order valence-corrected chi connectivity index (χ3v) is 4.22. The molecule has 0 saturated carbocycles. The highest BCUT2D eigenvalue weighted by atomic mass is 19.1. The Balaban J connectivity index is 2.12. The lowest BCUT2D eigenvalue weighted by molar-refractivity contribution is -0.0459. The summed E-state index contributed by atoms with van der Waals surface area (Å²) >= 11 is 0. The van der Waals surface area contributed by atoms with Crippen molar-refractivity contribution >= 4 is 5.71 Å². The smallest absolute Gasteiger partial charge is 0.330 e. The van der Waals surface area contributed by atoms with Gasteiger partial charge in [-0.2, -0.15) is 0 Å². The lowest BCUT2D eigenvalue weighted by atomic mass is 10.0. The van der Waals surface area contributed by atoms with E-state index in [4.69, 9.17) is 9.84 Å². The Morgan fingerprint density at radius 2 is 2.00 bits per heavy atom. The fourth-order valence-electron chi connectivity index (χ4n) is 2.88. The average Bonchev–Trinajstić information content (AvgIpc) is 2.99. The minimum Gasteiger partial charge on any atom is -0.410 e. The number of nitrogens with zero attached hydrogens (tertiary/aromatic N) is 2. The van der Waals surface area contributed by atoms with Crippen LogP contribution in [0.2, 0.25) is 0 Å². The van der Waals surface area contributed by atoms with Crippen molar-refractivity contribution in [1.82, 2.24) is 9.55 Å². The summed E-state index contributed by atoms with van der Waals surface area (Å²) in [5, 5.41) is 31.0. The number of rotatable bonds is 4. The van der Waals surface area contributed by atoms with Crippen molar-refractivity contribution in [1.29, 1.82) is 0 Å². The number of hydrogen-bond acceptors (Lipinski definition) is 7. The van der Waals surface area contributed by atoms with Crippen LogP contribution in [0.3, 0.4) is 0 Å². The molecule has 1 fully saturated rings. The molecule has 1 aromatic heterocycles. The van der Waals surface area contributed by atoms with Crippen LogP contribution >= 0.6 is 0 Å². The van der Waals surface area contributed by atoms with Crippen LogP contribution < -0.4 is 11.2 Å². The topological polar surface area (TPSA) is 137 Å². The van der Waals surface area contributed by atoms with Crippen molar-refractivity contribution in [2.75, 3.05) is 6.61 Å². The summed E-state index contributed by atoms with van der Waals surface area (Å²) in [6.07, 6.45) is -2.20. The number of halogens is 2. The number of benzene rings is 1. The molecule has 1 aliphatic heterocycles. The molecule has 0 radical (unpaired) electrons. The van der Waals surface area contributed by atoms with Gasteiger partial charge in [0.15, 0.2) is 0 Å². The van der Waals surface area contributed by atoms with Gasteiger partial charge >= 0.3 is 5.69 Å². The van der Waals surface area contributed by atoms with Crippen molar-refractivity contribution in [3.63, 3.8) is 0 Å². The Labute approximate surface area is 149 Å². The van der Waals surface area contributed by atoms with E-state index in [1.807, 2.05) is 4.98 Å². The standard InChI is InChI=1S/C16H15F2N3O6/c17-8-2-1-3-9(18)13(8)14(20-26)7-5-21(16(25)19-15(7)24)12-4-10(23)11(6-22)27-12/h1-3,5,10-12,22-23,26H,4,6H2,(H,19,24,25)/b20-14-/t10-,11+,12+/m0/s1. The predicted molar refractivity (Wildman–Crippen MR) is 86.7 cm³/mol. The molecule has 144 valence electrons.